The van der Waals surface area contributed by atoms with Crippen molar-refractivity contribution in [1.29, 1.82) is 0 Å². The molecule has 0 fully saturated rings. The van der Waals surface area contributed by atoms with Gasteiger partial charge in [-0.15, -0.1) is 0 Å². The molecule has 0 unspecified atom stereocenters. The van der Waals surface area contributed by atoms with Crippen LogP contribution in [0.25, 0.3) is 0 Å². The molecule has 0 bridgehead atoms. The molecule has 0 atom stereocenters. The Balaban J connectivity index is 6.74. The van der Waals surface area contributed by atoms with Crippen LogP contribution >= 0.6 is 21.3 Å². The van der Waals surface area contributed by atoms with E-state index in [1.165, 1.54) is 51.4 Å². The van der Waals surface area contributed by atoms with Gasteiger partial charge in [-0.1, -0.05) is 0 Å². The minimum atomic E-state index is -3.22. The van der Waals surface area contributed by atoms with Gasteiger partial charge in [-0.3, -0.25) is 0 Å². The van der Waals surface area contributed by atoms with E-state index in [-0.39, 0.29) is 0 Å². The Morgan fingerprint density at radius 3 is 0.941 bits per heavy atom. The van der Waals surface area contributed by atoms with Crippen LogP contribution in [0.4, 0.5) is 0 Å². The van der Waals surface area contributed by atoms with Crippen molar-refractivity contribution in [3.63, 3.8) is 0 Å². The average Bonchev–Trinajstić information content (AvgIpc) is 2.87. The first-order valence-corrected chi connectivity index (χ1v) is 22.6. The zero-order valence-electron chi connectivity index (χ0n) is 25.0. The number of hydrogen-bond donors (Lipinski definition) is 0. The van der Waals surface area contributed by atoms with Crippen molar-refractivity contribution in [1.82, 2.24) is 0 Å². The summed E-state index contributed by atoms with van der Waals surface area (Å²) < 4.78 is 29.8. The van der Waals surface area contributed by atoms with E-state index in [0.29, 0.717) is 6.16 Å². The molecule has 0 aliphatic rings. The van der Waals surface area contributed by atoms with Crippen molar-refractivity contribution in [2.75, 3.05) is 55.5 Å². The fraction of sp³-hybridized carbons (Fsp3) is 1.00. The van der Waals surface area contributed by atoms with Crippen LogP contribution in [0.15, 0.2) is 0 Å². The van der Waals surface area contributed by atoms with Crippen LogP contribution in [0.5, 0.6) is 0 Å². The van der Waals surface area contributed by atoms with E-state index >= 15 is 4.57 Å². The average molecular weight is 543 g/mol. The predicted molar refractivity (Wildman–Crippen MR) is 165 cm³/mol. The fourth-order valence-corrected chi connectivity index (χ4v) is 24.6. The van der Waals surface area contributed by atoms with Crippen molar-refractivity contribution in [2.24, 2.45) is 0 Å². The SMILES string of the molecule is CCCCP(=O)(OP(CC)(CC)(CCCC)CCCC)OP(CC)(CC)(CCCC)CCCC. The van der Waals surface area contributed by atoms with Gasteiger partial charge in [0.2, 0.25) is 0 Å². The molecule has 0 rings (SSSR count). The summed E-state index contributed by atoms with van der Waals surface area (Å²) in [6.07, 6.45) is 20.6. The molecule has 0 aromatic rings. The van der Waals surface area contributed by atoms with E-state index in [0.717, 1.165) is 62.1 Å². The summed E-state index contributed by atoms with van der Waals surface area (Å²) in [6, 6.07) is 0. The predicted octanol–water partition coefficient (Wildman–Crippen LogP) is 11.2. The number of hydrogen-bond acceptors (Lipinski definition) is 3. The van der Waals surface area contributed by atoms with Gasteiger partial charge in [0.15, 0.2) is 0 Å². The zero-order valence-corrected chi connectivity index (χ0v) is 27.7. The Morgan fingerprint density at radius 1 is 0.471 bits per heavy atom. The summed E-state index contributed by atoms with van der Waals surface area (Å²) in [5, 5.41) is 0. The Morgan fingerprint density at radius 2 is 0.735 bits per heavy atom. The molecule has 210 valence electrons. The summed E-state index contributed by atoms with van der Waals surface area (Å²) in [7, 11) is -3.22. The third kappa shape index (κ3) is 9.39. The van der Waals surface area contributed by atoms with Crippen LogP contribution in [0.1, 0.15) is 127 Å². The van der Waals surface area contributed by atoms with Crippen molar-refractivity contribution >= 4 is 21.3 Å². The van der Waals surface area contributed by atoms with Crippen molar-refractivity contribution in [3.05, 3.63) is 0 Å². The van der Waals surface area contributed by atoms with E-state index in [9.17, 15) is 0 Å². The van der Waals surface area contributed by atoms with Gasteiger partial charge in [0.05, 0.1) is 0 Å². The Labute approximate surface area is 216 Å². The van der Waals surface area contributed by atoms with Crippen molar-refractivity contribution < 1.29 is 13.2 Å². The Bertz CT molecular complexity index is 517. The fourth-order valence-electron chi connectivity index (χ4n) is 5.71. The second kappa shape index (κ2) is 16.1. The van der Waals surface area contributed by atoms with Crippen molar-refractivity contribution in [3.8, 4) is 0 Å². The summed E-state index contributed by atoms with van der Waals surface area (Å²) in [6.45, 7) is 15.4. The monoisotopic (exact) mass is 542 g/mol. The summed E-state index contributed by atoms with van der Waals surface area (Å²) in [4.78, 5) is 0. The Kier molecular flexibility index (Phi) is 16.6. The topological polar surface area (TPSA) is 35.5 Å². The molecule has 0 aliphatic heterocycles. The molecule has 3 nitrogen and oxygen atoms in total. The van der Waals surface area contributed by atoms with Crippen LogP contribution in [0, 0.1) is 0 Å². The van der Waals surface area contributed by atoms with Gasteiger partial charge < -0.3 is 0 Å². The van der Waals surface area contributed by atoms with Gasteiger partial charge in [-0.05, 0) is 0 Å². The molecule has 0 aromatic heterocycles. The normalized spacial score (nSPS) is 17.0. The summed E-state index contributed by atoms with van der Waals surface area (Å²) in [5.74, 6) is 0. The second-order valence-corrected chi connectivity index (χ2v) is 25.9. The van der Waals surface area contributed by atoms with Gasteiger partial charge >= 0.3 is 216 Å². The summed E-state index contributed by atoms with van der Waals surface area (Å²) in [5.41, 5.74) is 0. The molecule has 0 heterocycles. The molecule has 0 aliphatic carbocycles. The first-order chi connectivity index (χ1) is 16.1. The molecule has 0 amide bonds. The first-order valence-electron chi connectivity index (χ1n) is 15.1. The van der Waals surface area contributed by atoms with Crippen LogP contribution in [0.2, 0.25) is 0 Å². The second-order valence-electron chi connectivity index (χ2n) is 11.1. The van der Waals surface area contributed by atoms with Crippen LogP contribution in [-0.4, -0.2) is 55.5 Å². The number of rotatable bonds is 23. The Hall–Kier alpha value is 1.01. The third-order valence-electron chi connectivity index (χ3n) is 9.01. The molecule has 6 heteroatoms. The van der Waals surface area contributed by atoms with Gasteiger partial charge in [-0.25, -0.2) is 0 Å². The summed E-state index contributed by atoms with van der Waals surface area (Å²) >= 11 is 0. The molecule has 0 saturated heterocycles. The van der Waals surface area contributed by atoms with Crippen LogP contribution in [-0.2, 0) is 13.2 Å². The molecule has 0 aromatic carbocycles. The molecule has 0 radical (unpaired) electrons. The van der Waals surface area contributed by atoms with Gasteiger partial charge in [0.25, 0.3) is 0 Å². The molecule has 34 heavy (non-hydrogen) atoms. The molecule has 0 saturated carbocycles. The quantitative estimate of drug-likeness (QED) is 0.120. The van der Waals surface area contributed by atoms with Crippen LogP contribution < -0.4 is 0 Å². The van der Waals surface area contributed by atoms with E-state index in [2.05, 4.69) is 62.3 Å². The maximum atomic E-state index is 15.1. The van der Waals surface area contributed by atoms with E-state index in [1.807, 2.05) is 0 Å². The first kappa shape index (κ1) is 35.0. The van der Waals surface area contributed by atoms with E-state index in [4.69, 9.17) is 8.62 Å². The van der Waals surface area contributed by atoms with E-state index < -0.39 is 21.3 Å². The molecular formula is C28H65O3P3. The molecular weight excluding hydrogens is 477 g/mol. The van der Waals surface area contributed by atoms with Gasteiger partial charge in [0, 0.05) is 0 Å². The molecule has 0 N–H and O–H groups in total. The number of unbranched alkanes of at least 4 members (excludes halogenated alkanes) is 5. The van der Waals surface area contributed by atoms with E-state index in [1.54, 1.807) is 0 Å². The maximum absolute atomic E-state index is 15.1. The minimum absolute atomic E-state index is 0.607. The van der Waals surface area contributed by atoms with Gasteiger partial charge in [-0.2, -0.15) is 0 Å². The van der Waals surface area contributed by atoms with Crippen LogP contribution in [0.3, 0.4) is 0 Å². The zero-order chi connectivity index (χ0) is 26.2. The van der Waals surface area contributed by atoms with Gasteiger partial charge in [0.1, 0.15) is 0 Å². The molecule has 0 spiro atoms. The standard InChI is InChI=1S/C28H65O3P3/c1-10-19-24-32(29,30-33(15-6,16-7,25-20-11-2)26-21-12-3)31-34(17-8,18-9,27-22-13-4)28-23-14-5/h10-28H2,1-9H3. The van der Waals surface area contributed by atoms with Crippen molar-refractivity contribution in [2.45, 2.75) is 127 Å². The third-order valence-corrected chi connectivity index (χ3v) is 27.7.